The third-order valence-electron chi connectivity index (χ3n) is 6.98. The molecule has 3 amide bonds. The fraction of sp³-hybridized carbons (Fsp3) is 0.138. The lowest BCUT2D eigenvalue weighted by atomic mass is 9.89. The minimum absolute atomic E-state index is 0.0198. The molecular weight excluding hydrogens is 464 g/mol. The highest BCUT2D eigenvalue weighted by atomic mass is 16.2. The van der Waals surface area contributed by atoms with Gasteiger partial charge in [0.25, 0.3) is 5.91 Å². The second-order valence-electron chi connectivity index (χ2n) is 9.51. The van der Waals surface area contributed by atoms with Gasteiger partial charge in [-0.25, -0.2) is 4.79 Å². The van der Waals surface area contributed by atoms with Crippen molar-refractivity contribution in [3.63, 3.8) is 0 Å². The highest BCUT2D eigenvalue weighted by Gasteiger charge is 2.55. The highest BCUT2D eigenvalue weighted by molar-refractivity contribution is 6.07. The van der Waals surface area contributed by atoms with Crippen molar-refractivity contribution in [2.24, 2.45) is 5.73 Å². The van der Waals surface area contributed by atoms with Crippen molar-refractivity contribution in [2.75, 3.05) is 11.5 Å². The molecule has 1 aliphatic heterocycles. The number of rotatable bonds is 6. The Morgan fingerprint density at radius 3 is 2.22 bits per heavy atom. The van der Waals surface area contributed by atoms with E-state index in [1.807, 2.05) is 42.5 Å². The molecule has 5 rings (SSSR count). The zero-order valence-electron chi connectivity index (χ0n) is 20.4. The molecule has 0 bridgehead atoms. The summed E-state index contributed by atoms with van der Waals surface area (Å²) in [5.74, 6) is -0.336. The number of amides is 3. The van der Waals surface area contributed by atoms with Crippen molar-refractivity contribution in [1.82, 2.24) is 9.80 Å². The number of anilines is 2. The van der Waals surface area contributed by atoms with Gasteiger partial charge in [-0.15, -0.1) is 0 Å². The summed E-state index contributed by atoms with van der Waals surface area (Å²) in [6.07, 6.45) is 0. The summed E-state index contributed by atoms with van der Waals surface area (Å²) in [6, 6.07) is 25.2. The zero-order valence-corrected chi connectivity index (χ0v) is 20.4. The van der Waals surface area contributed by atoms with E-state index in [9.17, 15) is 9.59 Å². The summed E-state index contributed by atoms with van der Waals surface area (Å²) in [5.41, 5.74) is 20.4. The number of nitrogens with two attached hydrogens (primary N) is 3. The van der Waals surface area contributed by atoms with Gasteiger partial charge in [0.1, 0.15) is 11.4 Å². The quantitative estimate of drug-likeness (QED) is 0.138. The fourth-order valence-electron chi connectivity index (χ4n) is 4.87. The number of carbonyl (C=O) groups is 2. The van der Waals surface area contributed by atoms with Crippen molar-refractivity contribution in [2.45, 2.75) is 25.6 Å². The molecule has 1 saturated heterocycles. The Morgan fingerprint density at radius 1 is 0.811 bits per heavy atom. The highest BCUT2D eigenvalue weighted by Crippen LogP contribution is 2.39. The van der Waals surface area contributed by atoms with E-state index < -0.39 is 5.54 Å². The maximum Gasteiger partial charge on any atom is 0.328 e. The number of nitrogens with zero attached hydrogens (tertiary/aromatic N) is 2. The molecule has 1 aliphatic rings. The lowest BCUT2D eigenvalue weighted by Gasteiger charge is -2.32. The van der Waals surface area contributed by atoms with E-state index in [-0.39, 0.29) is 30.9 Å². The monoisotopic (exact) mass is 492 g/mol. The predicted octanol–water partition coefficient (Wildman–Crippen LogP) is 4.17. The average molecular weight is 493 g/mol. The normalized spacial score (nSPS) is 17.5. The third-order valence-corrected chi connectivity index (χ3v) is 6.98. The summed E-state index contributed by atoms with van der Waals surface area (Å²) in [6.45, 7) is 2.09. The molecule has 1 heterocycles. The van der Waals surface area contributed by atoms with Gasteiger partial charge in [-0.05, 0) is 70.8 Å². The van der Waals surface area contributed by atoms with Crippen LogP contribution in [0.25, 0.3) is 10.8 Å². The molecule has 4 aromatic carbocycles. The summed E-state index contributed by atoms with van der Waals surface area (Å²) in [7, 11) is 0. The molecule has 0 saturated carbocycles. The van der Waals surface area contributed by atoms with E-state index in [4.69, 9.17) is 22.6 Å². The molecule has 1 fully saturated rings. The molecule has 1 unspecified atom stereocenters. The van der Waals surface area contributed by atoms with Gasteiger partial charge in [0, 0.05) is 23.5 Å². The Kier molecular flexibility index (Phi) is 5.79. The van der Waals surface area contributed by atoms with Crippen LogP contribution in [-0.2, 0) is 23.4 Å². The molecule has 8 nitrogen and oxygen atoms in total. The largest absolute Gasteiger partial charge is 0.399 e. The number of hydrogen-bond donors (Lipinski definition) is 4. The lowest BCUT2D eigenvalue weighted by Crippen LogP contribution is -2.43. The first kappa shape index (κ1) is 23.9. The van der Waals surface area contributed by atoms with Crippen LogP contribution in [-0.4, -0.2) is 27.6 Å². The number of nitrogen functional groups attached to an aromatic ring is 3. The Bertz CT molecular complexity index is 1550. The maximum absolute atomic E-state index is 14.0. The first-order chi connectivity index (χ1) is 17.7. The number of urea groups is 1. The molecular formula is C29H28N6O2. The summed E-state index contributed by atoms with van der Waals surface area (Å²) < 4.78 is 0. The van der Waals surface area contributed by atoms with Gasteiger partial charge in [0.05, 0.1) is 6.54 Å². The summed E-state index contributed by atoms with van der Waals surface area (Å²) in [4.78, 5) is 30.6. The van der Waals surface area contributed by atoms with Crippen molar-refractivity contribution in [3.05, 3.63) is 107 Å². The maximum atomic E-state index is 14.0. The smallest absolute Gasteiger partial charge is 0.328 e. The molecule has 37 heavy (non-hydrogen) atoms. The van der Waals surface area contributed by atoms with Gasteiger partial charge in [0.15, 0.2) is 0 Å². The van der Waals surface area contributed by atoms with Gasteiger partial charge < -0.3 is 22.1 Å². The van der Waals surface area contributed by atoms with E-state index in [0.29, 0.717) is 22.5 Å². The number of imide groups is 1. The molecule has 0 spiro atoms. The SMILES string of the molecule is CC1(c2ccc(N)cc2)C(=O)N(Cc2ccc3ccc(C(=N)N)cc3c2)C(=O)N1Cc1cccc(N)c1. The van der Waals surface area contributed by atoms with Gasteiger partial charge in [-0.3, -0.25) is 15.1 Å². The molecule has 0 aliphatic carbocycles. The number of hydrogen-bond acceptors (Lipinski definition) is 5. The number of fused-ring (bicyclic) bond motifs is 1. The third kappa shape index (κ3) is 4.23. The van der Waals surface area contributed by atoms with Crippen LogP contribution in [0.4, 0.5) is 16.2 Å². The van der Waals surface area contributed by atoms with Gasteiger partial charge in [0.2, 0.25) is 0 Å². The van der Waals surface area contributed by atoms with Crippen molar-refractivity contribution >= 4 is 39.9 Å². The first-order valence-corrected chi connectivity index (χ1v) is 11.9. The standard InChI is InChI=1S/C29H28N6O2/c1-29(23-9-11-24(30)12-10-23)27(36)34(28(37)35(29)17-18-3-2-4-25(31)14-18)16-19-5-6-20-7-8-21(26(32)33)15-22(20)13-19/h2-15H,16-17,30-31H2,1H3,(H3,32,33). The summed E-state index contributed by atoms with van der Waals surface area (Å²) >= 11 is 0. The molecule has 1 atom stereocenters. The van der Waals surface area contributed by atoms with E-state index in [1.54, 1.807) is 54.3 Å². The van der Waals surface area contributed by atoms with Crippen LogP contribution < -0.4 is 17.2 Å². The van der Waals surface area contributed by atoms with Gasteiger partial charge >= 0.3 is 6.03 Å². The van der Waals surface area contributed by atoms with Crippen LogP contribution in [0.5, 0.6) is 0 Å². The number of benzene rings is 4. The lowest BCUT2D eigenvalue weighted by molar-refractivity contribution is -0.133. The van der Waals surface area contributed by atoms with E-state index in [1.165, 1.54) is 4.90 Å². The minimum Gasteiger partial charge on any atom is -0.399 e. The average Bonchev–Trinajstić information content (AvgIpc) is 3.05. The second kappa shape index (κ2) is 8.98. The molecule has 4 aromatic rings. The van der Waals surface area contributed by atoms with Crippen LogP contribution >= 0.6 is 0 Å². The zero-order chi connectivity index (χ0) is 26.3. The fourth-order valence-corrected chi connectivity index (χ4v) is 4.87. The van der Waals surface area contributed by atoms with Crippen LogP contribution in [0.2, 0.25) is 0 Å². The number of nitrogens with one attached hydrogen (secondary N) is 1. The Morgan fingerprint density at radius 2 is 1.51 bits per heavy atom. The molecule has 8 heteroatoms. The van der Waals surface area contributed by atoms with E-state index in [2.05, 4.69) is 0 Å². The van der Waals surface area contributed by atoms with Crippen molar-refractivity contribution in [1.29, 1.82) is 5.41 Å². The molecule has 186 valence electrons. The number of amidine groups is 1. The van der Waals surface area contributed by atoms with Crippen LogP contribution in [0.3, 0.4) is 0 Å². The van der Waals surface area contributed by atoms with Gasteiger partial charge in [-0.2, -0.15) is 0 Å². The molecule has 7 N–H and O–H groups in total. The first-order valence-electron chi connectivity index (χ1n) is 11.9. The minimum atomic E-state index is -1.23. The molecule has 0 radical (unpaired) electrons. The van der Waals surface area contributed by atoms with E-state index >= 15 is 0 Å². The van der Waals surface area contributed by atoms with Gasteiger partial charge in [-0.1, -0.05) is 48.5 Å². The van der Waals surface area contributed by atoms with Crippen LogP contribution in [0.15, 0.2) is 84.9 Å². The summed E-state index contributed by atoms with van der Waals surface area (Å²) in [5, 5.41) is 9.58. The topological polar surface area (TPSA) is 143 Å². The molecule has 0 aromatic heterocycles. The Balaban J connectivity index is 1.53. The predicted molar refractivity (Wildman–Crippen MR) is 146 cm³/mol. The van der Waals surface area contributed by atoms with Crippen LogP contribution in [0.1, 0.15) is 29.2 Å². The Hall–Kier alpha value is -4.85. The number of carbonyl (C=O) groups excluding carboxylic acids is 2. The van der Waals surface area contributed by atoms with Crippen molar-refractivity contribution in [3.8, 4) is 0 Å². The Labute approximate surface area is 214 Å². The second-order valence-corrected chi connectivity index (χ2v) is 9.51. The van der Waals surface area contributed by atoms with E-state index in [0.717, 1.165) is 21.9 Å². The van der Waals surface area contributed by atoms with Crippen LogP contribution in [0, 0.1) is 5.41 Å². The van der Waals surface area contributed by atoms with Crippen molar-refractivity contribution < 1.29 is 9.59 Å².